The van der Waals surface area contributed by atoms with E-state index in [9.17, 15) is 10.1 Å². The summed E-state index contributed by atoms with van der Waals surface area (Å²) in [5.41, 5.74) is 7.08. The van der Waals surface area contributed by atoms with E-state index in [4.69, 9.17) is 15.6 Å². The average molecular weight is 666 g/mol. The summed E-state index contributed by atoms with van der Waals surface area (Å²) in [6, 6.07) is 15.7. The second kappa shape index (κ2) is 13.6. The number of piperazine rings is 1. The molecular weight excluding hydrogens is 621 g/mol. The summed E-state index contributed by atoms with van der Waals surface area (Å²) in [5.74, 6) is 0.280. The predicted octanol–water partition coefficient (Wildman–Crippen LogP) is 5.82. The van der Waals surface area contributed by atoms with Gasteiger partial charge in [0.2, 0.25) is 0 Å². The molecule has 2 aromatic heterocycles. The van der Waals surface area contributed by atoms with Gasteiger partial charge in [-0.05, 0) is 77.8 Å². The van der Waals surface area contributed by atoms with Crippen LogP contribution in [-0.2, 0) is 4.79 Å². The Morgan fingerprint density at radius 3 is 2.39 bits per heavy atom. The zero-order valence-corrected chi connectivity index (χ0v) is 28.9. The van der Waals surface area contributed by atoms with Crippen LogP contribution in [0.5, 0.6) is 11.5 Å². The van der Waals surface area contributed by atoms with Gasteiger partial charge in [0.25, 0.3) is 5.91 Å². The standard InChI is InChI=1S/C37H44FN9O2/c1-36(2,3)45-16-18-46(19-17-45)37(4,5)21-25(22-39)35(48)44-15-9-10-26(23-44)47-34-31(33(40)41-24-42-34)32(43-47)29-14-13-28(20-30(29)38)49-27-11-7-6-8-12-27/h6-8,11-14,20-21,24,26H,9-10,15-19,23H2,1-5H3,(H2,40,41,42)/t26-/m0/s1. The van der Waals surface area contributed by atoms with Gasteiger partial charge in [-0.3, -0.25) is 14.6 Å². The topological polar surface area (TPSA) is 129 Å². The number of carbonyl (C=O) groups excluding carboxylic acids is 1. The van der Waals surface area contributed by atoms with Crippen LogP contribution >= 0.6 is 0 Å². The molecule has 4 aromatic rings. The highest BCUT2D eigenvalue weighted by atomic mass is 19.1. The third kappa shape index (κ3) is 7.14. The Hall–Kier alpha value is -4.86. The van der Waals surface area contributed by atoms with Crippen molar-refractivity contribution >= 4 is 22.8 Å². The third-order valence-electron chi connectivity index (χ3n) is 9.61. The Balaban J connectivity index is 1.24. The molecule has 2 saturated heterocycles. The van der Waals surface area contributed by atoms with E-state index in [1.165, 1.54) is 12.4 Å². The molecule has 0 unspecified atom stereocenters. The predicted molar refractivity (Wildman–Crippen MR) is 187 cm³/mol. The van der Waals surface area contributed by atoms with Crippen molar-refractivity contribution in [1.29, 1.82) is 5.26 Å². The molecule has 11 nitrogen and oxygen atoms in total. The summed E-state index contributed by atoms with van der Waals surface area (Å²) < 4.78 is 23.2. The zero-order chi connectivity index (χ0) is 34.9. The van der Waals surface area contributed by atoms with Crippen molar-refractivity contribution in [2.24, 2.45) is 0 Å². The summed E-state index contributed by atoms with van der Waals surface area (Å²) in [6.07, 6.45) is 4.59. The lowest BCUT2D eigenvalue weighted by Gasteiger charge is -2.47. The number of nitriles is 1. The van der Waals surface area contributed by atoms with Crippen LogP contribution in [0.15, 0.2) is 66.5 Å². The number of para-hydroxylation sites is 1. The fourth-order valence-corrected chi connectivity index (χ4v) is 6.86. The number of aromatic nitrogens is 4. The van der Waals surface area contributed by atoms with Gasteiger partial charge < -0.3 is 15.4 Å². The number of halogens is 1. The van der Waals surface area contributed by atoms with Crippen LogP contribution in [-0.4, -0.2) is 90.7 Å². The molecule has 2 aliphatic rings. The first-order valence-corrected chi connectivity index (χ1v) is 16.8. The van der Waals surface area contributed by atoms with Crippen LogP contribution < -0.4 is 10.5 Å². The van der Waals surface area contributed by atoms with Crippen LogP contribution in [0.1, 0.15) is 53.5 Å². The molecule has 2 aromatic carbocycles. The summed E-state index contributed by atoms with van der Waals surface area (Å²) in [5, 5.41) is 15.4. The van der Waals surface area contributed by atoms with Crippen LogP contribution in [0, 0.1) is 17.1 Å². The van der Waals surface area contributed by atoms with Crippen molar-refractivity contribution in [2.75, 3.05) is 45.0 Å². The molecule has 2 fully saturated rings. The van der Waals surface area contributed by atoms with Crippen LogP contribution in [0.25, 0.3) is 22.3 Å². The Morgan fingerprint density at radius 2 is 1.71 bits per heavy atom. The van der Waals surface area contributed by atoms with E-state index >= 15 is 4.39 Å². The van der Waals surface area contributed by atoms with Gasteiger partial charge in [0, 0.05) is 62.0 Å². The summed E-state index contributed by atoms with van der Waals surface area (Å²) >= 11 is 0. The number of anilines is 1. The number of benzene rings is 2. The molecule has 2 aliphatic heterocycles. The number of hydrogen-bond donors (Lipinski definition) is 1. The summed E-state index contributed by atoms with van der Waals surface area (Å²) in [7, 11) is 0. The number of likely N-dealkylation sites (tertiary alicyclic amines) is 1. The normalized spacial score (nSPS) is 18.4. The van der Waals surface area contributed by atoms with Crippen molar-refractivity contribution in [2.45, 2.75) is 64.6 Å². The van der Waals surface area contributed by atoms with E-state index in [-0.39, 0.29) is 34.4 Å². The van der Waals surface area contributed by atoms with E-state index in [0.717, 1.165) is 26.2 Å². The van der Waals surface area contributed by atoms with Crippen molar-refractivity contribution in [3.8, 4) is 28.8 Å². The number of nitrogens with zero attached hydrogens (tertiary/aromatic N) is 8. The minimum atomic E-state index is -0.532. The lowest BCUT2D eigenvalue weighted by molar-refractivity contribution is -0.128. The monoisotopic (exact) mass is 665 g/mol. The Kier molecular flexibility index (Phi) is 9.42. The molecule has 12 heteroatoms. The maximum absolute atomic E-state index is 15.7. The van der Waals surface area contributed by atoms with Gasteiger partial charge in [0.05, 0.1) is 11.4 Å². The highest BCUT2D eigenvalue weighted by Gasteiger charge is 2.35. The lowest BCUT2D eigenvalue weighted by Crippen LogP contribution is -2.58. The van der Waals surface area contributed by atoms with Crippen LogP contribution in [0.2, 0.25) is 0 Å². The number of nitrogens with two attached hydrogens (primary N) is 1. The van der Waals surface area contributed by atoms with Crippen molar-refractivity contribution in [1.82, 2.24) is 34.4 Å². The summed E-state index contributed by atoms with van der Waals surface area (Å²) in [4.78, 5) is 29.0. The van der Waals surface area contributed by atoms with E-state index in [0.29, 0.717) is 54.2 Å². The van der Waals surface area contributed by atoms with E-state index in [1.54, 1.807) is 33.8 Å². The number of fused-ring (bicyclic) bond motifs is 1. The SMILES string of the molecule is CC(C)(C)N1CCN(C(C)(C)C=C(C#N)C(=O)N2CCC[C@H](n3nc(-c4ccc(Oc5ccccc5)cc4F)c4c(N)ncnc43)C2)CC1. The molecule has 0 spiro atoms. The van der Waals surface area contributed by atoms with E-state index < -0.39 is 11.4 Å². The number of carbonyl (C=O) groups is 1. The van der Waals surface area contributed by atoms with Gasteiger partial charge in [0.1, 0.15) is 46.8 Å². The van der Waals surface area contributed by atoms with Gasteiger partial charge in [-0.2, -0.15) is 10.4 Å². The second-order valence-corrected chi connectivity index (χ2v) is 14.3. The van der Waals surface area contributed by atoms with Gasteiger partial charge >= 0.3 is 0 Å². The molecular formula is C37H44FN9O2. The van der Waals surface area contributed by atoms with E-state index in [1.807, 2.05) is 24.3 Å². The summed E-state index contributed by atoms with van der Waals surface area (Å²) in [6.45, 7) is 15.2. The number of piperidine rings is 1. The number of rotatable bonds is 7. The molecule has 2 N–H and O–H groups in total. The van der Waals surface area contributed by atoms with Crippen molar-refractivity contribution in [3.63, 3.8) is 0 Å². The molecule has 0 bridgehead atoms. The minimum absolute atomic E-state index is 0.0966. The fraction of sp³-hybridized carbons (Fsp3) is 0.432. The lowest BCUT2D eigenvalue weighted by atomic mass is 9.96. The quantitative estimate of drug-likeness (QED) is 0.192. The smallest absolute Gasteiger partial charge is 0.264 e. The molecule has 4 heterocycles. The molecule has 0 aliphatic carbocycles. The minimum Gasteiger partial charge on any atom is -0.457 e. The molecule has 256 valence electrons. The zero-order valence-electron chi connectivity index (χ0n) is 28.9. The van der Waals surface area contributed by atoms with E-state index in [2.05, 4.69) is 60.5 Å². The molecule has 1 atom stereocenters. The highest BCUT2D eigenvalue weighted by Crippen LogP contribution is 2.36. The van der Waals surface area contributed by atoms with Crippen LogP contribution in [0.3, 0.4) is 0 Å². The number of hydrogen-bond acceptors (Lipinski definition) is 9. The first-order chi connectivity index (χ1) is 23.4. The number of amides is 1. The number of ether oxygens (including phenoxy) is 1. The second-order valence-electron chi connectivity index (χ2n) is 14.3. The van der Waals surface area contributed by atoms with Gasteiger partial charge in [-0.15, -0.1) is 0 Å². The van der Waals surface area contributed by atoms with Gasteiger partial charge in [-0.1, -0.05) is 18.2 Å². The molecule has 1 amide bonds. The maximum Gasteiger partial charge on any atom is 0.264 e. The number of nitrogen functional groups attached to an aromatic ring is 1. The van der Waals surface area contributed by atoms with Crippen molar-refractivity contribution < 1.29 is 13.9 Å². The Bertz CT molecular complexity index is 1900. The first-order valence-electron chi connectivity index (χ1n) is 16.8. The largest absolute Gasteiger partial charge is 0.457 e. The highest BCUT2D eigenvalue weighted by molar-refractivity contribution is 5.99. The maximum atomic E-state index is 15.7. The third-order valence-corrected chi connectivity index (χ3v) is 9.61. The van der Waals surface area contributed by atoms with Crippen LogP contribution in [0.4, 0.5) is 10.2 Å². The van der Waals surface area contributed by atoms with Gasteiger partial charge in [0.15, 0.2) is 5.65 Å². The Labute approximate surface area is 286 Å². The average Bonchev–Trinajstić information content (AvgIpc) is 3.48. The van der Waals surface area contributed by atoms with Crippen molar-refractivity contribution in [3.05, 3.63) is 72.3 Å². The molecule has 49 heavy (non-hydrogen) atoms. The Morgan fingerprint density at radius 1 is 1.00 bits per heavy atom. The molecule has 6 rings (SSSR count). The fourth-order valence-electron chi connectivity index (χ4n) is 6.86. The molecule has 0 saturated carbocycles. The first kappa shape index (κ1) is 34.0. The van der Waals surface area contributed by atoms with Gasteiger partial charge in [-0.25, -0.2) is 19.0 Å². The molecule has 0 radical (unpaired) electrons.